The third-order valence-corrected chi connectivity index (χ3v) is 5.97. The first-order valence-corrected chi connectivity index (χ1v) is 10.9. The molecule has 0 N–H and O–H groups in total. The summed E-state index contributed by atoms with van der Waals surface area (Å²) in [5, 5.41) is 12.8. The fourth-order valence-corrected chi connectivity index (χ4v) is 4.12. The molecule has 0 bridgehead atoms. The highest BCUT2D eigenvalue weighted by atomic mass is 35.5. The van der Waals surface area contributed by atoms with Crippen molar-refractivity contribution in [2.75, 3.05) is 0 Å². The lowest BCUT2D eigenvalue weighted by Gasteiger charge is -2.14. The Morgan fingerprint density at radius 3 is 2.59 bits per heavy atom. The van der Waals surface area contributed by atoms with Crippen molar-refractivity contribution in [2.45, 2.75) is 36.9 Å². The molecule has 2 aromatic heterocycles. The Morgan fingerprint density at radius 2 is 1.91 bits per heavy atom. The highest BCUT2D eigenvalue weighted by Crippen LogP contribution is 2.38. The van der Waals surface area contributed by atoms with E-state index in [0.29, 0.717) is 39.7 Å². The van der Waals surface area contributed by atoms with Gasteiger partial charge in [0.05, 0.1) is 21.5 Å². The molecule has 0 unspecified atom stereocenters. The average Bonchev–Trinajstić information content (AvgIpc) is 3.41. The average molecular weight is 480 g/mol. The number of alkyl halides is 3. The molecule has 4 aromatic rings. The van der Waals surface area contributed by atoms with Crippen molar-refractivity contribution in [3.63, 3.8) is 0 Å². The molecule has 6 nitrogen and oxygen atoms in total. The third kappa shape index (κ3) is 4.51. The van der Waals surface area contributed by atoms with Gasteiger partial charge in [0.15, 0.2) is 16.8 Å². The molecule has 0 saturated carbocycles. The highest BCUT2D eigenvalue weighted by Gasteiger charge is 2.31. The number of aryl methyl sites for hydroxylation is 1. The van der Waals surface area contributed by atoms with Gasteiger partial charge >= 0.3 is 6.18 Å². The van der Waals surface area contributed by atoms with E-state index in [1.165, 1.54) is 17.8 Å². The van der Waals surface area contributed by atoms with E-state index in [2.05, 4.69) is 20.3 Å². The van der Waals surface area contributed by atoms with Crippen LogP contribution in [0.2, 0.25) is 5.02 Å². The first-order valence-electron chi connectivity index (χ1n) is 9.65. The second kappa shape index (κ2) is 8.95. The molecule has 0 aliphatic carbocycles. The van der Waals surface area contributed by atoms with Crippen LogP contribution in [0.5, 0.6) is 0 Å². The number of thioether (sulfide) groups is 1. The summed E-state index contributed by atoms with van der Waals surface area (Å²) in [6.45, 7) is 3.75. The predicted octanol–water partition coefficient (Wildman–Crippen LogP) is 6.41. The van der Waals surface area contributed by atoms with Crippen LogP contribution in [0.1, 0.15) is 36.4 Å². The zero-order valence-electron chi connectivity index (χ0n) is 17.0. The summed E-state index contributed by atoms with van der Waals surface area (Å²) in [5.41, 5.74) is 0.0288. The predicted molar refractivity (Wildman–Crippen MR) is 115 cm³/mol. The summed E-state index contributed by atoms with van der Waals surface area (Å²) in [6.07, 6.45) is -3.87. The Bertz CT molecular complexity index is 1240. The van der Waals surface area contributed by atoms with E-state index in [9.17, 15) is 13.2 Å². The number of halogens is 4. The molecule has 2 heterocycles. The molecule has 2 aromatic carbocycles. The number of rotatable bonds is 6. The zero-order valence-corrected chi connectivity index (χ0v) is 18.5. The van der Waals surface area contributed by atoms with Gasteiger partial charge < -0.3 is 4.52 Å². The van der Waals surface area contributed by atoms with Crippen LogP contribution in [0.15, 0.2) is 58.2 Å². The van der Waals surface area contributed by atoms with E-state index in [0.717, 1.165) is 12.1 Å². The van der Waals surface area contributed by atoms with Crippen LogP contribution < -0.4 is 0 Å². The van der Waals surface area contributed by atoms with Crippen LogP contribution in [-0.4, -0.2) is 24.9 Å². The van der Waals surface area contributed by atoms with Gasteiger partial charge in [-0.3, -0.25) is 4.57 Å². The van der Waals surface area contributed by atoms with Gasteiger partial charge in [0.25, 0.3) is 0 Å². The van der Waals surface area contributed by atoms with Gasteiger partial charge in [0.1, 0.15) is 0 Å². The summed E-state index contributed by atoms with van der Waals surface area (Å²) < 4.78 is 47.0. The minimum Gasteiger partial charge on any atom is -0.338 e. The lowest BCUT2D eigenvalue weighted by Crippen LogP contribution is -2.07. The number of hydrogen-bond acceptors (Lipinski definition) is 6. The van der Waals surface area contributed by atoms with Crippen LogP contribution in [0.25, 0.3) is 17.1 Å². The van der Waals surface area contributed by atoms with Crippen molar-refractivity contribution in [1.29, 1.82) is 0 Å². The lowest BCUT2D eigenvalue weighted by atomic mass is 10.1. The Morgan fingerprint density at radius 1 is 1.12 bits per heavy atom. The van der Waals surface area contributed by atoms with Crippen LogP contribution in [0.4, 0.5) is 13.2 Å². The van der Waals surface area contributed by atoms with E-state index in [1.807, 2.05) is 13.8 Å². The maximum Gasteiger partial charge on any atom is 0.416 e. The van der Waals surface area contributed by atoms with E-state index in [-0.39, 0.29) is 10.9 Å². The molecule has 166 valence electrons. The van der Waals surface area contributed by atoms with E-state index in [1.54, 1.807) is 34.9 Å². The molecule has 11 heteroatoms. The molecule has 0 radical (unpaired) electrons. The van der Waals surface area contributed by atoms with Gasteiger partial charge in [-0.1, -0.05) is 53.6 Å². The summed E-state index contributed by atoms with van der Waals surface area (Å²) in [6, 6.07) is 11.9. The molecule has 0 saturated heterocycles. The second-order valence-corrected chi connectivity index (χ2v) is 8.55. The molecule has 0 fully saturated rings. The maximum atomic E-state index is 13.4. The van der Waals surface area contributed by atoms with Crippen LogP contribution in [0.3, 0.4) is 0 Å². The molecular formula is C21H17ClF3N5OS. The molecule has 0 amide bonds. The minimum atomic E-state index is -4.49. The first-order chi connectivity index (χ1) is 15.3. The number of hydrogen-bond donors (Lipinski definition) is 0. The summed E-state index contributed by atoms with van der Waals surface area (Å²) in [5.74, 6) is 1.29. The number of aromatic nitrogens is 5. The van der Waals surface area contributed by atoms with Gasteiger partial charge in [-0.25, -0.2) is 0 Å². The summed E-state index contributed by atoms with van der Waals surface area (Å²) >= 11 is 7.60. The van der Waals surface area contributed by atoms with Crippen LogP contribution in [-0.2, 0) is 12.6 Å². The Kier molecular flexibility index (Phi) is 6.25. The van der Waals surface area contributed by atoms with E-state index < -0.39 is 11.7 Å². The maximum absolute atomic E-state index is 13.4. The smallest absolute Gasteiger partial charge is 0.338 e. The zero-order chi connectivity index (χ0) is 22.9. The molecular weight excluding hydrogens is 463 g/mol. The Balaban J connectivity index is 1.82. The van der Waals surface area contributed by atoms with E-state index in [4.69, 9.17) is 16.1 Å². The van der Waals surface area contributed by atoms with Gasteiger partial charge in [-0.2, -0.15) is 18.2 Å². The number of benzene rings is 2. The highest BCUT2D eigenvalue weighted by molar-refractivity contribution is 7.99. The molecule has 4 rings (SSSR count). The van der Waals surface area contributed by atoms with Crippen molar-refractivity contribution >= 4 is 23.4 Å². The standard InChI is InChI=1S/C21H17ClF3N5OS/c1-3-17-26-19(31-29-17)12(2)32-20-28-27-18(15-9-4-5-10-16(15)22)30(20)14-8-6-7-13(11-14)21(23,24)25/h4-12H,3H2,1-2H3/t12-/m1/s1. The topological polar surface area (TPSA) is 69.6 Å². The SMILES string of the molecule is CCc1noc([C@@H](C)Sc2nnc(-c3ccccc3Cl)n2-c2cccc(C(F)(F)F)c2)n1. The molecule has 0 spiro atoms. The largest absolute Gasteiger partial charge is 0.416 e. The molecule has 0 aliphatic heterocycles. The van der Waals surface area contributed by atoms with Gasteiger partial charge in [0, 0.05) is 12.0 Å². The van der Waals surface area contributed by atoms with E-state index >= 15 is 0 Å². The van der Waals surface area contributed by atoms with Crippen molar-refractivity contribution in [1.82, 2.24) is 24.9 Å². The summed E-state index contributed by atoms with van der Waals surface area (Å²) in [7, 11) is 0. The summed E-state index contributed by atoms with van der Waals surface area (Å²) in [4.78, 5) is 4.33. The fourth-order valence-electron chi connectivity index (χ4n) is 3.00. The first kappa shape index (κ1) is 22.3. The quantitative estimate of drug-likeness (QED) is 0.298. The van der Waals surface area contributed by atoms with Gasteiger partial charge in [-0.05, 0) is 37.3 Å². The second-order valence-electron chi connectivity index (χ2n) is 6.83. The van der Waals surface area contributed by atoms with Gasteiger partial charge in [-0.15, -0.1) is 10.2 Å². The van der Waals surface area contributed by atoms with Crippen molar-refractivity contribution in [3.8, 4) is 17.1 Å². The Labute approximate surface area is 190 Å². The van der Waals surface area contributed by atoms with Gasteiger partial charge in [0.2, 0.25) is 5.89 Å². The number of nitrogens with zero attached hydrogens (tertiary/aromatic N) is 5. The Hall–Kier alpha value is -2.85. The monoisotopic (exact) mass is 479 g/mol. The normalized spacial score (nSPS) is 12.8. The van der Waals surface area contributed by atoms with Crippen LogP contribution in [0, 0.1) is 0 Å². The van der Waals surface area contributed by atoms with Crippen molar-refractivity contribution in [3.05, 3.63) is 70.8 Å². The van der Waals surface area contributed by atoms with Crippen LogP contribution >= 0.6 is 23.4 Å². The molecule has 32 heavy (non-hydrogen) atoms. The van der Waals surface area contributed by atoms with Crippen molar-refractivity contribution in [2.24, 2.45) is 0 Å². The lowest BCUT2D eigenvalue weighted by molar-refractivity contribution is -0.137. The fraction of sp³-hybridized carbons (Fsp3) is 0.238. The molecule has 0 aliphatic rings. The molecule has 1 atom stereocenters. The third-order valence-electron chi connectivity index (χ3n) is 4.61. The van der Waals surface area contributed by atoms with Crippen molar-refractivity contribution < 1.29 is 17.7 Å². The minimum absolute atomic E-state index is 0.259.